The van der Waals surface area contributed by atoms with E-state index in [1.54, 1.807) is 0 Å². The molecular formula is C63H79FIrN2O2-2. The van der Waals surface area contributed by atoms with E-state index >= 15 is 0 Å². The number of rotatable bonds is 12. The van der Waals surface area contributed by atoms with E-state index < -0.39 is 6.67 Å². The molecule has 1 atom stereocenters. The van der Waals surface area contributed by atoms with E-state index in [9.17, 15) is 14.3 Å². The number of allylic oxidation sites excluding steroid dienone is 2. The standard InChI is InChI=1S/2C25H28N.C13H23FO2.Ir/c2*1-17-13-21(16-22(14-17)25(2,3)4)24-23-10-9-19(18-7-5-6-8-18)15-20(23)11-12-26-24;1-4-10(5-2)12(15)9-13(16)11(6-3)7-8-14;/h2*9-12,14-16,18H,5-8H2,1-4H3;9-11,16H,4-8H2,1-3H3;/q2*-1;;/b;;13-9-;/i2*11D,12D;;. The van der Waals surface area contributed by atoms with Gasteiger partial charge in [0.2, 0.25) is 0 Å². The number of carbonyl (C=O) groups is 1. The Bertz CT molecular complexity index is 2720. The van der Waals surface area contributed by atoms with Crippen molar-refractivity contribution in [1.29, 1.82) is 0 Å². The number of aryl methyl sites for hydroxylation is 2. The van der Waals surface area contributed by atoms with Crippen LogP contribution in [0, 0.1) is 37.8 Å². The molecule has 0 bridgehead atoms. The van der Waals surface area contributed by atoms with Crippen LogP contribution in [0.25, 0.3) is 44.1 Å². The van der Waals surface area contributed by atoms with E-state index in [2.05, 4.69) is 138 Å². The van der Waals surface area contributed by atoms with Gasteiger partial charge in [0.1, 0.15) is 0 Å². The van der Waals surface area contributed by atoms with Crippen molar-refractivity contribution in [3.63, 3.8) is 0 Å². The third-order valence-corrected chi connectivity index (χ3v) is 14.3. The summed E-state index contributed by atoms with van der Waals surface area (Å²) < 4.78 is 45.7. The third kappa shape index (κ3) is 14.5. The van der Waals surface area contributed by atoms with Crippen molar-refractivity contribution in [2.45, 2.75) is 176 Å². The Morgan fingerprint density at radius 1 is 0.696 bits per heavy atom. The second kappa shape index (κ2) is 25.0. The van der Waals surface area contributed by atoms with Gasteiger partial charge in [0.15, 0.2) is 5.78 Å². The number of aromatic nitrogens is 2. The van der Waals surface area contributed by atoms with Gasteiger partial charge in [0.05, 0.1) is 17.9 Å². The fourth-order valence-electron chi connectivity index (χ4n) is 9.91. The summed E-state index contributed by atoms with van der Waals surface area (Å²) in [5, 5.41) is 13.3. The quantitative estimate of drug-likeness (QED) is 0.0753. The average Bonchev–Trinajstić information content (AvgIpc) is 4.09. The number of fused-ring (bicyclic) bond motifs is 2. The molecule has 4 nitrogen and oxygen atoms in total. The number of aliphatic hydroxyl groups excluding tert-OH is 1. The second-order valence-corrected chi connectivity index (χ2v) is 21.5. The molecule has 371 valence electrons. The molecule has 1 unspecified atom stereocenters. The summed E-state index contributed by atoms with van der Waals surface area (Å²) in [4.78, 5) is 20.7. The molecule has 6 heteroatoms. The molecule has 0 aliphatic heterocycles. The number of nitrogens with zero attached hydrogens (tertiary/aromatic N) is 2. The molecule has 69 heavy (non-hydrogen) atoms. The first-order chi connectivity index (χ1) is 34.1. The Balaban J connectivity index is 0.000000211. The molecule has 2 aliphatic carbocycles. The van der Waals surface area contributed by atoms with Crippen molar-refractivity contribution in [2.75, 3.05) is 6.67 Å². The molecular weight excluding hydrogens is 1030 g/mol. The van der Waals surface area contributed by atoms with Crippen molar-refractivity contribution in [3.05, 3.63) is 142 Å². The van der Waals surface area contributed by atoms with E-state index in [-0.39, 0.29) is 85.2 Å². The Kier molecular flexibility index (Phi) is 18.0. The molecule has 2 heterocycles. The maximum absolute atomic E-state index is 12.2. The number of alkyl halides is 1. The van der Waals surface area contributed by atoms with Gasteiger partial charge in [-0.2, -0.15) is 0 Å². The number of benzene rings is 4. The van der Waals surface area contributed by atoms with Gasteiger partial charge in [-0.25, -0.2) is 0 Å². The first-order valence-electron chi connectivity index (χ1n) is 27.5. The smallest absolute Gasteiger partial charge is 0.162 e. The number of ketones is 1. The van der Waals surface area contributed by atoms with Crippen molar-refractivity contribution in [2.24, 2.45) is 11.8 Å². The Morgan fingerprint density at radius 3 is 1.46 bits per heavy atom. The van der Waals surface area contributed by atoms with Crippen LogP contribution in [0.2, 0.25) is 0 Å². The summed E-state index contributed by atoms with van der Waals surface area (Å²) in [6, 6.07) is 28.8. The minimum atomic E-state index is -0.463. The Hall–Kier alpha value is -4.51. The van der Waals surface area contributed by atoms with Gasteiger partial charge in [-0.1, -0.05) is 138 Å². The molecule has 4 aromatic carbocycles. The van der Waals surface area contributed by atoms with E-state index in [1.807, 2.05) is 20.8 Å². The summed E-state index contributed by atoms with van der Waals surface area (Å²) in [6.07, 6.45) is 13.9. The maximum atomic E-state index is 12.2. The number of pyridine rings is 2. The minimum absolute atomic E-state index is 0. The molecule has 8 rings (SSSR count). The van der Waals surface area contributed by atoms with Crippen LogP contribution in [0.3, 0.4) is 0 Å². The van der Waals surface area contributed by atoms with Gasteiger partial charge >= 0.3 is 0 Å². The van der Waals surface area contributed by atoms with Gasteiger partial charge in [-0.15, -0.1) is 69.8 Å². The van der Waals surface area contributed by atoms with Crippen LogP contribution < -0.4 is 0 Å². The summed E-state index contributed by atoms with van der Waals surface area (Å²) in [5.74, 6) is 0.936. The predicted molar refractivity (Wildman–Crippen MR) is 285 cm³/mol. The summed E-state index contributed by atoms with van der Waals surface area (Å²) in [7, 11) is 0. The molecule has 2 saturated carbocycles. The molecule has 2 aromatic heterocycles. The fraction of sp³-hybridized carbons (Fsp3) is 0.476. The third-order valence-electron chi connectivity index (χ3n) is 14.3. The number of hydrogen-bond acceptors (Lipinski definition) is 4. The first kappa shape index (κ1) is 49.5. The SMILES string of the molecule is CCC(CC)C(=O)/C=C(\O)C(CC)CCF.[2H]c1nc(-c2[c-]c(C)cc(C(C)(C)C)c2)c2ccc(C3CCCC3)cc2c1[2H].[2H]c1nc(-c2[c-]c(C)cc(C(C)(C)C)c2)c2ccc(C3CCCC3)cc2c1[2H].[Ir]. The number of carbonyl (C=O) groups excluding carboxylic acids is 1. The van der Waals surface area contributed by atoms with Gasteiger partial charge in [-0.3, -0.25) is 9.18 Å². The number of halogens is 1. The zero-order valence-corrected chi connectivity index (χ0v) is 45.7. The van der Waals surface area contributed by atoms with Crippen LogP contribution in [-0.2, 0) is 35.7 Å². The van der Waals surface area contributed by atoms with Crippen LogP contribution in [0.15, 0.2) is 96.9 Å². The second-order valence-electron chi connectivity index (χ2n) is 21.5. The zero-order chi connectivity index (χ0) is 52.7. The summed E-state index contributed by atoms with van der Waals surface area (Å²) >= 11 is 0. The molecule has 2 fully saturated rings. The summed E-state index contributed by atoms with van der Waals surface area (Å²) in [5.41, 5.74) is 10.6. The largest absolute Gasteiger partial charge is 0.512 e. The van der Waals surface area contributed by atoms with Gasteiger partial charge in [-0.05, 0) is 130 Å². The van der Waals surface area contributed by atoms with Crippen LogP contribution in [0.5, 0.6) is 0 Å². The molecule has 0 spiro atoms. The average molecular weight is 1110 g/mol. The van der Waals surface area contributed by atoms with Crippen LogP contribution in [0.4, 0.5) is 4.39 Å². The fourth-order valence-corrected chi connectivity index (χ4v) is 9.91. The molecule has 0 amide bonds. The monoisotopic (exact) mass is 1110 g/mol. The normalized spacial score (nSPS) is 15.9. The van der Waals surface area contributed by atoms with Crippen molar-refractivity contribution in [3.8, 4) is 22.5 Å². The van der Waals surface area contributed by atoms with Gasteiger partial charge in [0, 0.05) is 50.4 Å². The number of aliphatic hydroxyl groups is 1. The molecule has 1 radical (unpaired) electrons. The van der Waals surface area contributed by atoms with E-state index in [1.165, 1.54) is 79.7 Å². The van der Waals surface area contributed by atoms with E-state index in [0.717, 1.165) is 68.0 Å². The Morgan fingerprint density at radius 2 is 1.10 bits per heavy atom. The van der Waals surface area contributed by atoms with E-state index in [4.69, 9.17) is 5.48 Å². The molecule has 2 aliphatic rings. The van der Waals surface area contributed by atoms with Crippen molar-refractivity contribution >= 4 is 27.3 Å². The van der Waals surface area contributed by atoms with Crippen molar-refractivity contribution in [1.82, 2.24) is 9.97 Å². The molecule has 0 saturated heterocycles. The Labute approximate surface area is 434 Å². The predicted octanol–water partition coefficient (Wildman–Crippen LogP) is 17.7. The maximum Gasteiger partial charge on any atom is 0.162 e. The minimum Gasteiger partial charge on any atom is -0.512 e. The molecule has 1 N–H and O–H groups in total. The van der Waals surface area contributed by atoms with Gasteiger partial charge in [0.25, 0.3) is 0 Å². The molecule has 6 aromatic rings. The van der Waals surface area contributed by atoms with E-state index in [0.29, 0.717) is 18.3 Å². The topological polar surface area (TPSA) is 63.1 Å². The van der Waals surface area contributed by atoms with Crippen LogP contribution in [0.1, 0.15) is 190 Å². The first-order valence-corrected chi connectivity index (χ1v) is 25.5. The van der Waals surface area contributed by atoms with Crippen molar-refractivity contribution < 1.29 is 39.9 Å². The summed E-state index contributed by atoms with van der Waals surface area (Å²) in [6.45, 7) is 22.6. The number of hydrogen-bond donors (Lipinski definition) is 1. The van der Waals surface area contributed by atoms with Gasteiger partial charge < -0.3 is 15.1 Å². The van der Waals surface area contributed by atoms with Crippen LogP contribution >= 0.6 is 0 Å². The van der Waals surface area contributed by atoms with Crippen LogP contribution in [-0.4, -0.2) is 27.5 Å². The zero-order valence-electron chi connectivity index (χ0n) is 47.3.